The topological polar surface area (TPSA) is 58.4 Å². The molecular weight excluding hydrogens is 233 g/mol. The molecule has 1 atom stereocenters. The second kappa shape index (κ2) is 5.35. The molecule has 5 heteroatoms. The fraction of sp³-hybridized carbons (Fsp3) is 0.462. The molecule has 0 radical (unpaired) electrons. The lowest BCUT2D eigenvalue weighted by atomic mass is 10.1. The Labute approximate surface area is 106 Å². The second-order valence-corrected chi connectivity index (χ2v) is 4.62. The summed E-state index contributed by atoms with van der Waals surface area (Å²) in [5.74, 6) is -0.386. The predicted molar refractivity (Wildman–Crippen MR) is 68.8 cm³/mol. The van der Waals surface area contributed by atoms with Gasteiger partial charge in [0.05, 0.1) is 12.2 Å². The molecule has 0 bridgehead atoms. The molecule has 0 aliphatic carbocycles. The Kier molecular flexibility index (Phi) is 3.81. The SMILES string of the molecule is C[C@@H](N)c1ccc(N2CCCNC(=O)C2)c(F)c1. The highest BCUT2D eigenvalue weighted by molar-refractivity contribution is 5.81. The number of amides is 1. The van der Waals surface area contributed by atoms with E-state index in [1.54, 1.807) is 11.0 Å². The van der Waals surface area contributed by atoms with E-state index in [2.05, 4.69) is 5.32 Å². The van der Waals surface area contributed by atoms with Gasteiger partial charge in [-0.3, -0.25) is 4.79 Å². The molecule has 0 saturated carbocycles. The van der Waals surface area contributed by atoms with Crippen molar-refractivity contribution in [2.24, 2.45) is 5.73 Å². The van der Waals surface area contributed by atoms with Crippen LogP contribution in [0.2, 0.25) is 0 Å². The third-order valence-corrected chi connectivity index (χ3v) is 3.10. The molecule has 3 N–H and O–H groups in total. The number of rotatable bonds is 2. The maximum Gasteiger partial charge on any atom is 0.239 e. The molecule has 1 aliphatic heterocycles. The summed E-state index contributed by atoms with van der Waals surface area (Å²) in [6, 6.07) is 4.77. The van der Waals surface area contributed by atoms with Crippen LogP contribution in [0.1, 0.15) is 24.9 Å². The first-order valence-corrected chi connectivity index (χ1v) is 6.14. The van der Waals surface area contributed by atoms with E-state index in [1.807, 2.05) is 13.0 Å². The van der Waals surface area contributed by atoms with Crippen LogP contribution in [0.3, 0.4) is 0 Å². The summed E-state index contributed by atoms with van der Waals surface area (Å²) >= 11 is 0. The summed E-state index contributed by atoms with van der Waals surface area (Å²) in [6.45, 7) is 3.34. The van der Waals surface area contributed by atoms with Gasteiger partial charge >= 0.3 is 0 Å². The summed E-state index contributed by atoms with van der Waals surface area (Å²) in [7, 11) is 0. The number of halogens is 1. The van der Waals surface area contributed by atoms with E-state index in [4.69, 9.17) is 5.73 Å². The Balaban J connectivity index is 2.24. The van der Waals surface area contributed by atoms with Crippen molar-refractivity contribution in [1.29, 1.82) is 0 Å². The Hall–Kier alpha value is -1.62. The number of nitrogens with two attached hydrogens (primary N) is 1. The molecule has 0 spiro atoms. The standard InChI is InChI=1S/C13H18FN3O/c1-9(15)10-3-4-12(11(14)7-10)17-6-2-5-16-13(18)8-17/h3-4,7,9H,2,5-6,8,15H2,1H3,(H,16,18)/t9-/m1/s1. The van der Waals surface area contributed by atoms with Gasteiger partial charge in [-0.2, -0.15) is 0 Å². The average molecular weight is 251 g/mol. The highest BCUT2D eigenvalue weighted by Crippen LogP contribution is 2.23. The summed E-state index contributed by atoms with van der Waals surface area (Å²) in [6.07, 6.45) is 0.820. The van der Waals surface area contributed by atoms with Crippen molar-refractivity contribution in [2.45, 2.75) is 19.4 Å². The number of hydrogen-bond donors (Lipinski definition) is 2. The van der Waals surface area contributed by atoms with Gasteiger partial charge in [-0.05, 0) is 31.0 Å². The Morgan fingerprint density at radius 2 is 2.28 bits per heavy atom. The molecule has 0 aromatic heterocycles. The Bertz CT molecular complexity index is 448. The van der Waals surface area contributed by atoms with E-state index in [-0.39, 0.29) is 24.3 Å². The van der Waals surface area contributed by atoms with Crippen LogP contribution in [0, 0.1) is 5.82 Å². The maximum absolute atomic E-state index is 14.0. The first-order valence-electron chi connectivity index (χ1n) is 6.14. The van der Waals surface area contributed by atoms with Gasteiger partial charge in [0.2, 0.25) is 5.91 Å². The molecule has 1 aromatic carbocycles. The fourth-order valence-electron chi connectivity index (χ4n) is 2.07. The summed E-state index contributed by atoms with van der Waals surface area (Å²) in [5.41, 5.74) is 6.94. The van der Waals surface area contributed by atoms with Crippen LogP contribution in [-0.4, -0.2) is 25.5 Å². The molecule has 1 aromatic rings. The first kappa shape index (κ1) is 12.8. The van der Waals surface area contributed by atoms with Gasteiger partial charge in [-0.25, -0.2) is 4.39 Å². The van der Waals surface area contributed by atoms with Gasteiger partial charge in [0.25, 0.3) is 0 Å². The quantitative estimate of drug-likeness (QED) is 0.829. The molecule has 1 heterocycles. The lowest BCUT2D eigenvalue weighted by Crippen LogP contribution is -2.33. The molecule has 2 rings (SSSR count). The summed E-state index contributed by atoms with van der Waals surface area (Å²) in [5, 5.41) is 2.77. The number of anilines is 1. The number of nitrogens with one attached hydrogen (secondary N) is 1. The van der Waals surface area contributed by atoms with E-state index in [0.29, 0.717) is 18.8 Å². The van der Waals surface area contributed by atoms with E-state index in [1.165, 1.54) is 6.07 Å². The van der Waals surface area contributed by atoms with Crippen LogP contribution in [-0.2, 0) is 4.79 Å². The smallest absolute Gasteiger partial charge is 0.239 e. The average Bonchev–Trinajstić information content (AvgIpc) is 2.53. The molecule has 98 valence electrons. The number of nitrogens with zero attached hydrogens (tertiary/aromatic N) is 1. The summed E-state index contributed by atoms with van der Waals surface area (Å²) < 4.78 is 14.0. The molecular formula is C13H18FN3O. The normalized spacial score (nSPS) is 18.2. The van der Waals surface area contributed by atoms with Crippen molar-refractivity contribution in [2.75, 3.05) is 24.5 Å². The molecule has 1 saturated heterocycles. The van der Waals surface area contributed by atoms with Crippen molar-refractivity contribution in [3.63, 3.8) is 0 Å². The van der Waals surface area contributed by atoms with Crippen molar-refractivity contribution >= 4 is 11.6 Å². The van der Waals surface area contributed by atoms with E-state index in [9.17, 15) is 9.18 Å². The number of carbonyl (C=O) groups is 1. The molecule has 1 amide bonds. The Morgan fingerprint density at radius 1 is 1.50 bits per heavy atom. The Morgan fingerprint density at radius 3 is 2.94 bits per heavy atom. The zero-order valence-electron chi connectivity index (χ0n) is 10.4. The van der Waals surface area contributed by atoms with Crippen LogP contribution >= 0.6 is 0 Å². The second-order valence-electron chi connectivity index (χ2n) is 4.62. The van der Waals surface area contributed by atoms with E-state index < -0.39 is 0 Å². The van der Waals surface area contributed by atoms with Gasteiger partial charge in [0, 0.05) is 19.1 Å². The lowest BCUT2D eigenvalue weighted by molar-refractivity contribution is -0.119. The van der Waals surface area contributed by atoms with Crippen LogP contribution in [0.4, 0.5) is 10.1 Å². The number of carbonyl (C=O) groups excluding carboxylic acids is 1. The van der Waals surface area contributed by atoms with Crippen LogP contribution in [0.25, 0.3) is 0 Å². The summed E-state index contributed by atoms with van der Waals surface area (Å²) in [4.78, 5) is 13.2. The van der Waals surface area contributed by atoms with E-state index >= 15 is 0 Å². The minimum Gasteiger partial charge on any atom is -0.360 e. The van der Waals surface area contributed by atoms with Crippen LogP contribution in [0.5, 0.6) is 0 Å². The zero-order valence-corrected chi connectivity index (χ0v) is 10.4. The minimum atomic E-state index is -0.320. The van der Waals surface area contributed by atoms with Crippen LogP contribution in [0.15, 0.2) is 18.2 Å². The molecule has 1 fully saturated rings. The molecule has 1 aliphatic rings. The molecule has 0 unspecified atom stereocenters. The van der Waals surface area contributed by atoms with Crippen molar-refractivity contribution in [3.05, 3.63) is 29.6 Å². The fourth-order valence-corrected chi connectivity index (χ4v) is 2.07. The highest BCUT2D eigenvalue weighted by Gasteiger charge is 2.18. The van der Waals surface area contributed by atoms with Crippen molar-refractivity contribution in [1.82, 2.24) is 5.32 Å². The van der Waals surface area contributed by atoms with Gasteiger partial charge in [0.1, 0.15) is 5.82 Å². The maximum atomic E-state index is 14.0. The third kappa shape index (κ3) is 2.79. The molecule has 18 heavy (non-hydrogen) atoms. The zero-order chi connectivity index (χ0) is 13.1. The highest BCUT2D eigenvalue weighted by atomic mass is 19.1. The minimum absolute atomic E-state index is 0.0665. The van der Waals surface area contributed by atoms with Crippen molar-refractivity contribution in [3.8, 4) is 0 Å². The number of hydrogen-bond acceptors (Lipinski definition) is 3. The van der Waals surface area contributed by atoms with Gasteiger partial charge in [0.15, 0.2) is 0 Å². The van der Waals surface area contributed by atoms with Gasteiger partial charge < -0.3 is 16.0 Å². The van der Waals surface area contributed by atoms with Crippen LogP contribution < -0.4 is 16.0 Å². The number of benzene rings is 1. The van der Waals surface area contributed by atoms with Crippen molar-refractivity contribution < 1.29 is 9.18 Å². The van der Waals surface area contributed by atoms with Gasteiger partial charge in [-0.1, -0.05) is 6.07 Å². The first-order chi connectivity index (χ1) is 8.58. The monoisotopic (exact) mass is 251 g/mol. The van der Waals surface area contributed by atoms with Gasteiger partial charge in [-0.15, -0.1) is 0 Å². The molecule has 4 nitrogen and oxygen atoms in total. The predicted octanol–water partition coefficient (Wildman–Crippen LogP) is 1.17. The lowest BCUT2D eigenvalue weighted by Gasteiger charge is -2.22. The van der Waals surface area contributed by atoms with E-state index in [0.717, 1.165) is 12.0 Å². The third-order valence-electron chi connectivity index (χ3n) is 3.10. The largest absolute Gasteiger partial charge is 0.360 e.